The lowest BCUT2D eigenvalue weighted by molar-refractivity contribution is -0.119. The highest BCUT2D eigenvalue weighted by Crippen LogP contribution is 2.41. The molecule has 0 bridgehead atoms. The SMILES string of the molecule is CN1C(=O)c2cc3cnc(Nc4ccc(N5CCN(CC(N)=O)CC5)cn4)nc3n2C2CCCC21. The second kappa shape index (κ2) is 8.49. The van der Waals surface area contributed by atoms with E-state index in [-0.39, 0.29) is 23.9 Å². The van der Waals surface area contributed by atoms with Crippen molar-refractivity contribution in [3.63, 3.8) is 0 Å². The third-order valence-electron chi connectivity index (χ3n) is 7.49. The highest BCUT2D eigenvalue weighted by atomic mass is 16.2. The van der Waals surface area contributed by atoms with Crippen molar-refractivity contribution >= 4 is 40.3 Å². The Bertz CT molecular complexity index is 1280. The van der Waals surface area contributed by atoms with E-state index in [1.54, 1.807) is 6.20 Å². The fourth-order valence-electron chi connectivity index (χ4n) is 5.72. The van der Waals surface area contributed by atoms with Crippen molar-refractivity contribution in [2.45, 2.75) is 31.3 Å². The molecule has 11 nitrogen and oxygen atoms in total. The zero-order valence-electron chi connectivity index (χ0n) is 19.7. The van der Waals surface area contributed by atoms with Gasteiger partial charge in [0.05, 0.1) is 30.5 Å². The van der Waals surface area contributed by atoms with Crippen molar-refractivity contribution in [3.8, 4) is 0 Å². The number of anilines is 3. The summed E-state index contributed by atoms with van der Waals surface area (Å²) in [5.74, 6) is 0.868. The minimum Gasteiger partial charge on any atom is -0.369 e. The monoisotopic (exact) mass is 475 g/mol. The Morgan fingerprint density at radius 1 is 1.11 bits per heavy atom. The van der Waals surface area contributed by atoms with Crippen LogP contribution in [-0.4, -0.2) is 86.9 Å². The van der Waals surface area contributed by atoms with E-state index >= 15 is 0 Å². The molecule has 11 heteroatoms. The first-order chi connectivity index (χ1) is 17.0. The Balaban J connectivity index is 1.19. The fraction of sp³-hybridized carbons (Fsp3) is 0.458. The van der Waals surface area contributed by atoms with Crippen molar-refractivity contribution < 1.29 is 9.59 Å². The van der Waals surface area contributed by atoms with Crippen LogP contribution < -0.4 is 16.0 Å². The highest BCUT2D eigenvalue weighted by molar-refractivity contribution is 5.99. The Kier molecular flexibility index (Phi) is 5.28. The van der Waals surface area contributed by atoms with Gasteiger partial charge < -0.3 is 25.4 Å². The smallest absolute Gasteiger partial charge is 0.270 e. The lowest BCUT2D eigenvalue weighted by Gasteiger charge is -2.36. The van der Waals surface area contributed by atoms with Gasteiger partial charge in [-0.25, -0.2) is 9.97 Å². The molecule has 35 heavy (non-hydrogen) atoms. The Hall–Kier alpha value is -3.73. The second-order valence-corrected chi connectivity index (χ2v) is 9.61. The zero-order valence-corrected chi connectivity index (χ0v) is 19.7. The minimum atomic E-state index is -0.293. The average Bonchev–Trinajstić information content (AvgIpc) is 3.48. The molecule has 3 aliphatic rings. The van der Waals surface area contributed by atoms with Gasteiger partial charge in [0.2, 0.25) is 11.9 Å². The van der Waals surface area contributed by atoms with Gasteiger partial charge in [-0.1, -0.05) is 0 Å². The molecule has 1 saturated heterocycles. The van der Waals surface area contributed by atoms with Crippen LogP contribution >= 0.6 is 0 Å². The topological polar surface area (TPSA) is 126 Å². The number of carbonyl (C=O) groups excluding carboxylic acids is 2. The van der Waals surface area contributed by atoms with Crippen LogP contribution in [0.5, 0.6) is 0 Å². The Labute approximate surface area is 202 Å². The Morgan fingerprint density at radius 2 is 1.91 bits per heavy atom. The molecule has 1 aliphatic carbocycles. The van der Waals surface area contributed by atoms with E-state index in [9.17, 15) is 9.59 Å². The summed E-state index contributed by atoms with van der Waals surface area (Å²) in [6.45, 7) is 3.52. The van der Waals surface area contributed by atoms with Gasteiger partial charge >= 0.3 is 0 Å². The van der Waals surface area contributed by atoms with Crippen molar-refractivity contribution in [2.24, 2.45) is 5.73 Å². The first-order valence-electron chi connectivity index (χ1n) is 12.1. The maximum Gasteiger partial charge on any atom is 0.270 e. The molecule has 6 rings (SSSR count). The number of carbonyl (C=O) groups is 2. The molecule has 2 fully saturated rings. The number of primary amides is 1. The van der Waals surface area contributed by atoms with Gasteiger partial charge in [-0.15, -0.1) is 0 Å². The van der Waals surface area contributed by atoms with E-state index in [0.717, 1.165) is 62.2 Å². The zero-order chi connectivity index (χ0) is 24.1. The third-order valence-corrected chi connectivity index (χ3v) is 7.49. The molecule has 1 saturated carbocycles. The lowest BCUT2D eigenvalue weighted by Crippen LogP contribution is -2.48. The molecule has 3 aromatic heterocycles. The number of hydrogen-bond donors (Lipinski definition) is 2. The van der Waals surface area contributed by atoms with Crippen molar-refractivity contribution in [3.05, 3.63) is 36.3 Å². The quantitative estimate of drug-likeness (QED) is 0.567. The van der Waals surface area contributed by atoms with E-state index in [0.29, 0.717) is 24.0 Å². The summed E-state index contributed by atoms with van der Waals surface area (Å²) in [6.07, 6.45) is 6.79. The van der Waals surface area contributed by atoms with Gasteiger partial charge in [0, 0.05) is 44.8 Å². The van der Waals surface area contributed by atoms with Crippen LogP contribution in [-0.2, 0) is 4.79 Å². The summed E-state index contributed by atoms with van der Waals surface area (Å²) in [5, 5.41) is 4.08. The molecule has 2 atom stereocenters. The highest BCUT2D eigenvalue weighted by Gasteiger charge is 2.41. The first kappa shape index (κ1) is 21.8. The van der Waals surface area contributed by atoms with E-state index in [4.69, 9.17) is 10.7 Å². The van der Waals surface area contributed by atoms with Crippen LogP contribution in [0.1, 0.15) is 35.8 Å². The summed E-state index contributed by atoms with van der Waals surface area (Å²) in [5.41, 5.74) is 7.81. The maximum atomic E-state index is 12.9. The van der Waals surface area contributed by atoms with Gasteiger partial charge in [-0.3, -0.25) is 14.5 Å². The van der Waals surface area contributed by atoms with E-state index in [2.05, 4.69) is 29.7 Å². The Morgan fingerprint density at radius 3 is 2.66 bits per heavy atom. The van der Waals surface area contributed by atoms with Gasteiger partial charge in [0.1, 0.15) is 17.2 Å². The summed E-state index contributed by atoms with van der Waals surface area (Å²) in [6, 6.07) is 6.33. The molecular formula is C24H29N9O2. The number of likely N-dealkylation sites (N-methyl/N-ethyl adjacent to an activating group) is 1. The predicted octanol–water partition coefficient (Wildman–Crippen LogP) is 1.36. The normalized spacial score (nSPS) is 22.4. The number of nitrogens with two attached hydrogens (primary N) is 1. The number of nitrogens with one attached hydrogen (secondary N) is 1. The van der Waals surface area contributed by atoms with Crippen LogP contribution in [0.15, 0.2) is 30.6 Å². The molecule has 3 N–H and O–H groups in total. The van der Waals surface area contributed by atoms with Crippen molar-refractivity contribution in [1.82, 2.24) is 29.3 Å². The van der Waals surface area contributed by atoms with Crippen LogP contribution in [0.2, 0.25) is 0 Å². The minimum absolute atomic E-state index is 0.0494. The molecule has 5 heterocycles. The third kappa shape index (κ3) is 3.85. The van der Waals surface area contributed by atoms with E-state index in [1.807, 2.05) is 36.3 Å². The summed E-state index contributed by atoms with van der Waals surface area (Å²) < 4.78 is 2.12. The molecule has 2 unspecified atom stereocenters. The number of aromatic nitrogens is 4. The van der Waals surface area contributed by atoms with Crippen LogP contribution in [0, 0.1) is 0 Å². The number of amides is 2. The number of pyridine rings is 1. The van der Waals surface area contributed by atoms with Gasteiger partial charge in [-0.05, 0) is 37.5 Å². The standard InChI is InChI=1S/C24H29N9O2/c1-30-17-3-2-4-18(17)33-19(23(30)35)11-15-12-27-24(29-22(15)33)28-21-6-5-16(13-26-21)32-9-7-31(8-10-32)14-20(25)34/h5-6,11-13,17-18H,2-4,7-10,14H2,1H3,(H2,25,34)(H,26,27,28,29). The predicted molar refractivity (Wildman–Crippen MR) is 132 cm³/mol. The summed E-state index contributed by atoms with van der Waals surface area (Å²) >= 11 is 0. The second-order valence-electron chi connectivity index (χ2n) is 9.61. The van der Waals surface area contributed by atoms with Crippen molar-refractivity contribution in [1.29, 1.82) is 0 Å². The number of hydrogen-bond acceptors (Lipinski definition) is 8. The summed E-state index contributed by atoms with van der Waals surface area (Å²) in [7, 11) is 1.90. The largest absolute Gasteiger partial charge is 0.369 e. The van der Waals surface area contributed by atoms with Crippen LogP contribution in [0.25, 0.3) is 11.0 Å². The number of rotatable bonds is 5. The molecule has 2 aliphatic heterocycles. The molecule has 182 valence electrons. The molecule has 2 amide bonds. The van der Waals surface area contributed by atoms with Gasteiger partial charge in [-0.2, -0.15) is 4.98 Å². The molecule has 3 aromatic rings. The molecule has 0 radical (unpaired) electrons. The number of piperazine rings is 1. The van der Waals surface area contributed by atoms with Crippen LogP contribution in [0.3, 0.4) is 0 Å². The van der Waals surface area contributed by atoms with Crippen molar-refractivity contribution in [2.75, 3.05) is 50.0 Å². The first-order valence-corrected chi connectivity index (χ1v) is 12.1. The summed E-state index contributed by atoms with van der Waals surface area (Å²) in [4.78, 5) is 44.1. The molecule has 0 spiro atoms. The lowest BCUT2D eigenvalue weighted by atomic mass is 10.1. The average molecular weight is 476 g/mol. The molecular weight excluding hydrogens is 446 g/mol. The van der Waals surface area contributed by atoms with Gasteiger partial charge in [0.25, 0.3) is 5.91 Å². The maximum absolute atomic E-state index is 12.9. The van der Waals surface area contributed by atoms with E-state index < -0.39 is 0 Å². The number of fused-ring (bicyclic) bond motifs is 5. The van der Waals surface area contributed by atoms with Crippen LogP contribution in [0.4, 0.5) is 17.5 Å². The fourth-order valence-corrected chi connectivity index (χ4v) is 5.72. The van der Waals surface area contributed by atoms with Gasteiger partial charge in [0.15, 0.2) is 0 Å². The number of nitrogens with zero attached hydrogens (tertiary/aromatic N) is 7. The van der Waals surface area contributed by atoms with E-state index in [1.165, 1.54) is 0 Å². The molecule has 0 aromatic carbocycles.